The van der Waals surface area contributed by atoms with E-state index in [2.05, 4.69) is 10.6 Å². The fourth-order valence-corrected chi connectivity index (χ4v) is 3.20. The van der Waals surface area contributed by atoms with E-state index in [0.717, 1.165) is 29.7 Å². The van der Waals surface area contributed by atoms with Crippen molar-refractivity contribution in [2.45, 2.75) is 25.3 Å². The standard InChI is InChI=1S/C25H24N2O3/c28-24(27-22-12-6-4-11-21(22)25(29)26-19-14-15-19)16-17-30-23-13-7-5-10-20(23)18-8-2-1-3-9-18/h1-13,19H,14-17H2,(H,26,29)(H,27,28). The van der Waals surface area contributed by atoms with Gasteiger partial charge in [0.05, 0.1) is 24.3 Å². The second kappa shape index (κ2) is 9.27. The fraction of sp³-hybridized carbons (Fsp3) is 0.200. The SMILES string of the molecule is O=C(CCOc1ccccc1-c1ccccc1)Nc1ccccc1C(=O)NC1CC1. The molecule has 0 unspecified atom stereocenters. The minimum Gasteiger partial charge on any atom is -0.492 e. The summed E-state index contributed by atoms with van der Waals surface area (Å²) in [7, 11) is 0. The highest BCUT2D eigenvalue weighted by Gasteiger charge is 2.25. The lowest BCUT2D eigenvalue weighted by Crippen LogP contribution is -2.27. The maximum Gasteiger partial charge on any atom is 0.253 e. The maximum atomic E-state index is 12.4. The molecule has 5 heteroatoms. The lowest BCUT2D eigenvalue weighted by atomic mass is 10.1. The highest BCUT2D eigenvalue weighted by Crippen LogP contribution is 2.29. The quantitative estimate of drug-likeness (QED) is 0.578. The number of nitrogens with one attached hydrogen (secondary N) is 2. The number of carbonyl (C=O) groups excluding carboxylic acids is 2. The van der Waals surface area contributed by atoms with Crippen molar-refractivity contribution in [1.82, 2.24) is 5.32 Å². The summed E-state index contributed by atoms with van der Waals surface area (Å²) in [6.07, 6.45) is 2.21. The van der Waals surface area contributed by atoms with Crippen molar-refractivity contribution < 1.29 is 14.3 Å². The second-order valence-electron chi connectivity index (χ2n) is 7.30. The average Bonchev–Trinajstić information content (AvgIpc) is 3.59. The molecule has 4 rings (SSSR count). The molecule has 5 nitrogen and oxygen atoms in total. The van der Waals surface area contributed by atoms with Crippen LogP contribution in [0.25, 0.3) is 11.1 Å². The Morgan fingerprint density at radius 1 is 0.867 bits per heavy atom. The third kappa shape index (κ3) is 5.06. The zero-order chi connectivity index (χ0) is 20.8. The van der Waals surface area contributed by atoms with Crippen molar-refractivity contribution in [3.8, 4) is 16.9 Å². The van der Waals surface area contributed by atoms with Gasteiger partial charge in [-0.25, -0.2) is 0 Å². The van der Waals surface area contributed by atoms with E-state index >= 15 is 0 Å². The Hall–Kier alpha value is -3.60. The van der Waals surface area contributed by atoms with Crippen LogP contribution >= 0.6 is 0 Å². The average molecular weight is 400 g/mol. The summed E-state index contributed by atoms with van der Waals surface area (Å²) in [4.78, 5) is 24.8. The van der Waals surface area contributed by atoms with Crippen molar-refractivity contribution in [1.29, 1.82) is 0 Å². The summed E-state index contributed by atoms with van der Waals surface area (Å²) in [5.41, 5.74) is 3.05. The van der Waals surface area contributed by atoms with Gasteiger partial charge < -0.3 is 15.4 Å². The molecule has 3 aromatic rings. The van der Waals surface area contributed by atoms with Crippen LogP contribution < -0.4 is 15.4 Å². The van der Waals surface area contributed by atoms with Crippen molar-refractivity contribution in [3.05, 3.63) is 84.4 Å². The molecule has 0 radical (unpaired) electrons. The molecule has 1 aliphatic rings. The van der Waals surface area contributed by atoms with Gasteiger partial charge >= 0.3 is 0 Å². The van der Waals surface area contributed by atoms with Crippen molar-refractivity contribution >= 4 is 17.5 Å². The van der Waals surface area contributed by atoms with Gasteiger partial charge in [0.1, 0.15) is 5.75 Å². The molecular weight excluding hydrogens is 376 g/mol. The van der Waals surface area contributed by atoms with Crippen LogP contribution in [0.3, 0.4) is 0 Å². The minimum atomic E-state index is -0.195. The van der Waals surface area contributed by atoms with Crippen LogP contribution in [0.1, 0.15) is 29.6 Å². The number of anilines is 1. The van der Waals surface area contributed by atoms with Crippen LogP contribution in [-0.2, 0) is 4.79 Å². The molecule has 0 bridgehead atoms. The number of benzene rings is 3. The van der Waals surface area contributed by atoms with E-state index in [1.54, 1.807) is 24.3 Å². The molecule has 2 N–H and O–H groups in total. The van der Waals surface area contributed by atoms with E-state index in [-0.39, 0.29) is 30.9 Å². The van der Waals surface area contributed by atoms with Crippen LogP contribution in [0.4, 0.5) is 5.69 Å². The predicted octanol–water partition coefficient (Wildman–Crippen LogP) is 4.65. The topological polar surface area (TPSA) is 67.4 Å². The first kappa shape index (κ1) is 19.7. The molecule has 0 aliphatic heterocycles. The number of carbonyl (C=O) groups is 2. The van der Waals surface area contributed by atoms with Gasteiger partial charge in [-0.1, -0.05) is 60.7 Å². The van der Waals surface area contributed by atoms with Crippen LogP contribution in [0.2, 0.25) is 0 Å². The van der Waals surface area contributed by atoms with Gasteiger partial charge in [-0.05, 0) is 36.6 Å². The molecule has 0 saturated heterocycles. The first-order valence-electron chi connectivity index (χ1n) is 10.2. The number of hydrogen-bond acceptors (Lipinski definition) is 3. The fourth-order valence-electron chi connectivity index (χ4n) is 3.20. The molecule has 0 spiro atoms. The van der Waals surface area contributed by atoms with Gasteiger partial charge in [-0.3, -0.25) is 9.59 Å². The van der Waals surface area contributed by atoms with Gasteiger partial charge in [-0.2, -0.15) is 0 Å². The molecule has 2 amide bonds. The highest BCUT2D eigenvalue weighted by molar-refractivity contribution is 6.03. The van der Waals surface area contributed by atoms with E-state index in [1.165, 1.54) is 0 Å². The first-order valence-corrected chi connectivity index (χ1v) is 10.2. The van der Waals surface area contributed by atoms with Crippen LogP contribution in [0, 0.1) is 0 Å². The summed E-state index contributed by atoms with van der Waals surface area (Å²) < 4.78 is 5.90. The van der Waals surface area contributed by atoms with Crippen molar-refractivity contribution in [2.24, 2.45) is 0 Å². The van der Waals surface area contributed by atoms with E-state index in [0.29, 0.717) is 11.3 Å². The van der Waals surface area contributed by atoms with Crippen molar-refractivity contribution in [3.63, 3.8) is 0 Å². The largest absolute Gasteiger partial charge is 0.492 e. The van der Waals surface area contributed by atoms with Gasteiger partial charge in [0, 0.05) is 11.6 Å². The van der Waals surface area contributed by atoms with E-state index in [1.807, 2.05) is 54.6 Å². The highest BCUT2D eigenvalue weighted by atomic mass is 16.5. The van der Waals surface area contributed by atoms with E-state index < -0.39 is 0 Å². The number of amides is 2. The monoisotopic (exact) mass is 400 g/mol. The van der Waals surface area contributed by atoms with Gasteiger partial charge in [0.2, 0.25) is 5.91 Å². The summed E-state index contributed by atoms with van der Waals surface area (Å²) in [6, 6.07) is 25.1. The summed E-state index contributed by atoms with van der Waals surface area (Å²) in [5.74, 6) is 0.390. The molecule has 152 valence electrons. The molecule has 1 saturated carbocycles. The Bertz CT molecular complexity index is 1030. The van der Waals surface area contributed by atoms with Gasteiger partial charge in [0.15, 0.2) is 0 Å². The molecule has 30 heavy (non-hydrogen) atoms. The lowest BCUT2D eigenvalue weighted by Gasteiger charge is -2.13. The summed E-state index contributed by atoms with van der Waals surface area (Å²) in [6.45, 7) is 0.242. The zero-order valence-corrected chi connectivity index (χ0v) is 16.6. The maximum absolute atomic E-state index is 12.4. The smallest absolute Gasteiger partial charge is 0.253 e. The third-order valence-electron chi connectivity index (χ3n) is 4.92. The van der Waals surface area contributed by atoms with E-state index in [4.69, 9.17) is 4.74 Å². The van der Waals surface area contributed by atoms with Crippen LogP contribution in [0.5, 0.6) is 5.75 Å². The molecule has 0 atom stereocenters. The number of para-hydroxylation sites is 2. The Labute approximate surface area is 176 Å². The minimum absolute atomic E-state index is 0.151. The molecule has 1 aliphatic carbocycles. The first-order chi connectivity index (χ1) is 14.7. The Balaban J connectivity index is 1.35. The van der Waals surface area contributed by atoms with Gasteiger partial charge in [0.25, 0.3) is 5.91 Å². The normalized spacial score (nSPS) is 12.8. The van der Waals surface area contributed by atoms with Crippen LogP contribution in [0.15, 0.2) is 78.9 Å². The third-order valence-corrected chi connectivity index (χ3v) is 4.92. The molecule has 1 fully saturated rings. The number of rotatable bonds is 8. The zero-order valence-electron chi connectivity index (χ0n) is 16.6. The van der Waals surface area contributed by atoms with Crippen LogP contribution in [-0.4, -0.2) is 24.5 Å². The Kier molecular flexibility index (Phi) is 6.09. The predicted molar refractivity (Wildman–Crippen MR) is 118 cm³/mol. The Morgan fingerprint density at radius 3 is 2.37 bits per heavy atom. The second-order valence-corrected chi connectivity index (χ2v) is 7.30. The molecule has 0 heterocycles. The van der Waals surface area contributed by atoms with E-state index in [9.17, 15) is 9.59 Å². The molecule has 3 aromatic carbocycles. The summed E-state index contributed by atoms with van der Waals surface area (Å²) in [5, 5.41) is 5.79. The van der Waals surface area contributed by atoms with Gasteiger partial charge in [-0.15, -0.1) is 0 Å². The Morgan fingerprint density at radius 2 is 1.57 bits per heavy atom. The number of hydrogen-bond donors (Lipinski definition) is 2. The molecule has 0 aromatic heterocycles. The summed E-state index contributed by atoms with van der Waals surface area (Å²) >= 11 is 0. The lowest BCUT2D eigenvalue weighted by molar-refractivity contribution is -0.116. The molecular formula is C25H24N2O3. The number of ether oxygens (including phenoxy) is 1. The van der Waals surface area contributed by atoms with Crippen molar-refractivity contribution in [2.75, 3.05) is 11.9 Å².